The molecule has 14 heavy (non-hydrogen) atoms. The predicted molar refractivity (Wildman–Crippen MR) is 51.9 cm³/mol. The van der Waals surface area contributed by atoms with Crippen LogP contribution in [-0.4, -0.2) is 19.1 Å². The number of hydrogen-bond acceptors (Lipinski definition) is 3. The van der Waals surface area contributed by atoms with Gasteiger partial charge in [-0.15, -0.1) is 0 Å². The van der Waals surface area contributed by atoms with Crippen molar-refractivity contribution in [2.24, 2.45) is 5.73 Å². The maximum absolute atomic E-state index is 11.2. The number of rotatable bonds is 1. The lowest BCUT2D eigenvalue weighted by Crippen LogP contribution is -2.33. The van der Waals surface area contributed by atoms with E-state index in [1.807, 2.05) is 24.3 Å². The van der Waals surface area contributed by atoms with Crippen LogP contribution in [0, 0.1) is 0 Å². The Morgan fingerprint density at radius 2 is 2.29 bits per heavy atom. The highest BCUT2D eigenvalue weighted by atomic mass is 16.5. The third kappa shape index (κ3) is 1.56. The fraction of sp³-hybridized carbons (Fsp3) is 0.300. The fourth-order valence-corrected chi connectivity index (χ4v) is 1.58. The number of carbonyl (C=O) groups excluding carboxylic acids is 1. The molecule has 0 fully saturated rings. The Morgan fingerprint density at radius 1 is 1.50 bits per heavy atom. The molecule has 2 rings (SSSR count). The number of amides is 1. The van der Waals surface area contributed by atoms with Crippen molar-refractivity contribution in [2.75, 3.05) is 13.2 Å². The normalized spacial score (nSPS) is 20.4. The molecule has 3 N–H and O–H groups in total. The molecular weight excluding hydrogens is 180 g/mol. The van der Waals surface area contributed by atoms with E-state index in [4.69, 9.17) is 10.5 Å². The average Bonchev–Trinajstić information content (AvgIpc) is 2.39. The SMILES string of the molecule is NC(=O)[C@@H]1NCCOc2ccccc21. The summed E-state index contributed by atoms with van der Waals surface area (Å²) in [4.78, 5) is 11.2. The number of para-hydroxylation sites is 1. The van der Waals surface area contributed by atoms with Gasteiger partial charge in [0, 0.05) is 12.1 Å². The number of primary amides is 1. The van der Waals surface area contributed by atoms with Gasteiger partial charge >= 0.3 is 0 Å². The Labute approximate surface area is 82.1 Å². The molecule has 0 aliphatic carbocycles. The van der Waals surface area contributed by atoms with E-state index in [-0.39, 0.29) is 5.91 Å². The highest BCUT2D eigenvalue weighted by Crippen LogP contribution is 2.26. The Balaban J connectivity index is 2.42. The average molecular weight is 192 g/mol. The first-order chi connectivity index (χ1) is 6.79. The molecule has 0 saturated carbocycles. The Kier molecular flexibility index (Phi) is 2.37. The molecule has 0 unspecified atom stereocenters. The molecular formula is C10H12N2O2. The summed E-state index contributed by atoms with van der Waals surface area (Å²) in [7, 11) is 0. The Morgan fingerprint density at radius 3 is 3.07 bits per heavy atom. The van der Waals surface area contributed by atoms with Crippen LogP contribution in [0.2, 0.25) is 0 Å². The minimum atomic E-state index is -0.436. The zero-order valence-electron chi connectivity index (χ0n) is 7.69. The molecule has 0 bridgehead atoms. The van der Waals surface area contributed by atoms with E-state index >= 15 is 0 Å². The molecule has 0 radical (unpaired) electrons. The number of fused-ring (bicyclic) bond motifs is 1. The smallest absolute Gasteiger partial charge is 0.239 e. The van der Waals surface area contributed by atoms with Gasteiger partial charge in [-0.2, -0.15) is 0 Å². The van der Waals surface area contributed by atoms with E-state index < -0.39 is 6.04 Å². The third-order valence-corrected chi connectivity index (χ3v) is 2.22. The quantitative estimate of drug-likeness (QED) is 0.667. The van der Waals surface area contributed by atoms with Crippen molar-refractivity contribution < 1.29 is 9.53 Å². The van der Waals surface area contributed by atoms with Gasteiger partial charge in [0.2, 0.25) is 5.91 Å². The minimum Gasteiger partial charge on any atom is -0.492 e. The summed E-state index contributed by atoms with van der Waals surface area (Å²) in [5, 5.41) is 3.04. The molecule has 1 amide bonds. The fourth-order valence-electron chi connectivity index (χ4n) is 1.58. The van der Waals surface area contributed by atoms with E-state index in [2.05, 4.69) is 5.32 Å². The molecule has 74 valence electrons. The lowest BCUT2D eigenvalue weighted by Gasteiger charge is -2.13. The maximum Gasteiger partial charge on any atom is 0.239 e. The van der Waals surface area contributed by atoms with Crippen molar-refractivity contribution in [3.8, 4) is 5.75 Å². The van der Waals surface area contributed by atoms with Gasteiger partial charge in [-0.3, -0.25) is 10.1 Å². The van der Waals surface area contributed by atoms with E-state index in [9.17, 15) is 4.79 Å². The monoisotopic (exact) mass is 192 g/mol. The number of nitrogens with one attached hydrogen (secondary N) is 1. The van der Waals surface area contributed by atoms with Crippen molar-refractivity contribution in [3.05, 3.63) is 29.8 Å². The van der Waals surface area contributed by atoms with Gasteiger partial charge in [0.25, 0.3) is 0 Å². The van der Waals surface area contributed by atoms with Gasteiger partial charge in [-0.25, -0.2) is 0 Å². The van der Waals surface area contributed by atoms with Crippen LogP contribution in [0.3, 0.4) is 0 Å². The van der Waals surface area contributed by atoms with Crippen molar-refractivity contribution in [2.45, 2.75) is 6.04 Å². The molecule has 0 saturated heterocycles. The topological polar surface area (TPSA) is 64.4 Å². The summed E-state index contributed by atoms with van der Waals surface area (Å²) in [5.41, 5.74) is 6.11. The number of benzene rings is 1. The van der Waals surface area contributed by atoms with Crippen LogP contribution in [0.1, 0.15) is 11.6 Å². The zero-order chi connectivity index (χ0) is 9.97. The second kappa shape index (κ2) is 3.67. The number of nitrogens with two attached hydrogens (primary N) is 1. The largest absolute Gasteiger partial charge is 0.492 e. The van der Waals surface area contributed by atoms with Crippen LogP contribution in [-0.2, 0) is 4.79 Å². The highest BCUT2D eigenvalue weighted by molar-refractivity contribution is 5.82. The third-order valence-electron chi connectivity index (χ3n) is 2.22. The van der Waals surface area contributed by atoms with Crippen LogP contribution in [0.25, 0.3) is 0 Å². The van der Waals surface area contributed by atoms with Crippen LogP contribution in [0.5, 0.6) is 5.75 Å². The molecule has 4 heteroatoms. The summed E-state index contributed by atoms with van der Waals surface area (Å²) in [5.74, 6) is 0.365. The van der Waals surface area contributed by atoms with E-state index in [0.29, 0.717) is 13.2 Å². The number of ether oxygens (including phenoxy) is 1. The Bertz CT molecular complexity index is 352. The number of hydrogen-bond donors (Lipinski definition) is 2. The molecule has 0 spiro atoms. The predicted octanol–water partition coefficient (Wildman–Crippen LogP) is 0.195. The Hall–Kier alpha value is -1.55. The zero-order valence-corrected chi connectivity index (χ0v) is 7.69. The number of carbonyl (C=O) groups is 1. The molecule has 1 atom stereocenters. The van der Waals surface area contributed by atoms with Crippen molar-refractivity contribution >= 4 is 5.91 Å². The van der Waals surface area contributed by atoms with Crippen LogP contribution < -0.4 is 15.8 Å². The summed E-state index contributed by atoms with van der Waals surface area (Å²) in [6, 6.07) is 7.00. The second-order valence-corrected chi connectivity index (χ2v) is 3.18. The van der Waals surface area contributed by atoms with E-state index in [1.54, 1.807) is 0 Å². The summed E-state index contributed by atoms with van der Waals surface area (Å²) in [6.45, 7) is 1.18. The first-order valence-corrected chi connectivity index (χ1v) is 4.53. The van der Waals surface area contributed by atoms with Crippen LogP contribution in [0.15, 0.2) is 24.3 Å². The van der Waals surface area contributed by atoms with Crippen molar-refractivity contribution in [1.29, 1.82) is 0 Å². The molecule has 1 heterocycles. The minimum absolute atomic E-state index is 0.372. The highest BCUT2D eigenvalue weighted by Gasteiger charge is 2.22. The van der Waals surface area contributed by atoms with Crippen LogP contribution >= 0.6 is 0 Å². The van der Waals surface area contributed by atoms with Gasteiger partial charge < -0.3 is 10.5 Å². The first kappa shape index (κ1) is 9.02. The van der Waals surface area contributed by atoms with Gasteiger partial charge in [0.1, 0.15) is 18.4 Å². The summed E-state index contributed by atoms with van der Waals surface area (Å²) >= 11 is 0. The van der Waals surface area contributed by atoms with Gasteiger partial charge in [0.05, 0.1) is 0 Å². The summed E-state index contributed by atoms with van der Waals surface area (Å²) < 4.78 is 5.46. The van der Waals surface area contributed by atoms with Crippen molar-refractivity contribution in [3.63, 3.8) is 0 Å². The van der Waals surface area contributed by atoms with Crippen LogP contribution in [0.4, 0.5) is 0 Å². The lowest BCUT2D eigenvalue weighted by atomic mass is 10.1. The second-order valence-electron chi connectivity index (χ2n) is 3.18. The molecule has 0 aromatic heterocycles. The van der Waals surface area contributed by atoms with Crippen molar-refractivity contribution in [1.82, 2.24) is 5.32 Å². The van der Waals surface area contributed by atoms with Gasteiger partial charge in [-0.05, 0) is 6.07 Å². The molecule has 4 nitrogen and oxygen atoms in total. The van der Waals surface area contributed by atoms with E-state index in [1.165, 1.54) is 0 Å². The van der Waals surface area contributed by atoms with Gasteiger partial charge in [-0.1, -0.05) is 18.2 Å². The lowest BCUT2D eigenvalue weighted by molar-refractivity contribution is -0.120. The molecule has 1 aromatic carbocycles. The maximum atomic E-state index is 11.2. The van der Waals surface area contributed by atoms with Gasteiger partial charge in [0.15, 0.2) is 0 Å². The standard InChI is InChI=1S/C10H12N2O2/c11-10(13)9-7-3-1-2-4-8(7)14-6-5-12-9/h1-4,9,12H,5-6H2,(H2,11,13)/t9-/m1/s1. The molecule has 1 aromatic rings. The molecule has 1 aliphatic heterocycles. The molecule has 1 aliphatic rings. The van der Waals surface area contributed by atoms with E-state index in [0.717, 1.165) is 11.3 Å². The first-order valence-electron chi connectivity index (χ1n) is 4.53. The summed E-state index contributed by atoms with van der Waals surface area (Å²) in [6.07, 6.45) is 0.